The van der Waals surface area contributed by atoms with Crippen LogP contribution in [-0.2, 0) is 6.54 Å². The lowest BCUT2D eigenvalue weighted by molar-refractivity contribution is 1.13. The molecule has 0 bridgehead atoms. The van der Waals surface area contributed by atoms with Crippen LogP contribution in [0.2, 0.25) is 5.02 Å². The van der Waals surface area contributed by atoms with Gasteiger partial charge in [0.25, 0.3) is 0 Å². The number of aromatic nitrogens is 1. The van der Waals surface area contributed by atoms with Crippen molar-refractivity contribution in [1.29, 1.82) is 5.26 Å². The van der Waals surface area contributed by atoms with Gasteiger partial charge in [-0.25, -0.2) is 0 Å². The molecule has 1 aromatic heterocycles. The second-order valence-corrected chi connectivity index (χ2v) is 3.95. The smallest absolute Gasteiger partial charge is 0.101 e. The van der Waals surface area contributed by atoms with Gasteiger partial charge in [0.1, 0.15) is 6.07 Å². The van der Waals surface area contributed by atoms with Crippen LogP contribution in [0.1, 0.15) is 11.1 Å². The number of nitrogens with one attached hydrogen (secondary N) is 1. The Morgan fingerprint density at radius 2 is 2.00 bits per heavy atom. The molecule has 0 fully saturated rings. The van der Waals surface area contributed by atoms with Crippen molar-refractivity contribution in [3.05, 3.63) is 58.9 Å². The van der Waals surface area contributed by atoms with Crippen LogP contribution in [0.15, 0.2) is 42.7 Å². The molecule has 2 rings (SSSR count). The maximum absolute atomic E-state index is 8.92. The van der Waals surface area contributed by atoms with Crippen molar-refractivity contribution < 1.29 is 0 Å². The maximum Gasteiger partial charge on any atom is 0.101 e. The molecule has 0 saturated heterocycles. The van der Waals surface area contributed by atoms with Crippen molar-refractivity contribution in [3.63, 3.8) is 0 Å². The number of halogens is 1. The van der Waals surface area contributed by atoms with E-state index in [4.69, 9.17) is 16.9 Å². The number of nitrogens with zero attached hydrogens (tertiary/aromatic N) is 2. The third kappa shape index (κ3) is 2.96. The maximum atomic E-state index is 8.92. The predicted molar refractivity (Wildman–Crippen MR) is 67.7 cm³/mol. The van der Waals surface area contributed by atoms with E-state index < -0.39 is 0 Å². The molecule has 1 N–H and O–H groups in total. The summed E-state index contributed by atoms with van der Waals surface area (Å²) in [5, 5.41) is 12.8. The molecule has 0 spiro atoms. The van der Waals surface area contributed by atoms with Crippen molar-refractivity contribution in [3.8, 4) is 6.07 Å². The van der Waals surface area contributed by atoms with Gasteiger partial charge in [-0.1, -0.05) is 23.7 Å². The first-order valence-electron chi connectivity index (χ1n) is 5.12. The molecule has 4 heteroatoms. The largest absolute Gasteiger partial charge is 0.379 e. The number of hydrogen-bond acceptors (Lipinski definition) is 3. The molecule has 0 unspecified atom stereocenters. The second-order valence-electron chi connectivity index (χ2n) is 3.51. The summed E-state index contributed by atoms with van der Waals surface area (Å²) in [5.74, 6) is 0. The summed E-state index contributed by atoms with van der Waals surface area (Å²) < 4.78 is 0. The van der Waals surface area contributed by atoms with Crippen LogP contribution in [-0.4, -0.2) is 4.98 Å². The normalized spacial score (nSPS) is 9.65. The molecular formula is C13H10ClN3. The number of pyridine rings is 1. The van der Waals surface area contributed by atoms with E-state index in [0.717, 1.165) is 11.3 Å². The van der Waals surface area contributed by atoms with E-state index >= 15 is 0 Å². The van der Waals surface area contributed by atoms with E-state index in [1.807, 2.05) is 24.3 Å². The van der Waals surface area contributed by atoms with E-state index in [0.29, 0.717) is 17.1 Å². The lowest BCUT2D eigenvalue weighted by Crippen LogP contribution is -2.01. The minimum atomic E-state index is 0.592. The van der Waals surface area contributed by atoms with E-state index in [1.54, 1.807) is 18.5 Å². The topological polar surface area (TPSA) is 48.7 Å². The molecule has 0 atom stereocenters. The van der Waals surface area contributed by atoms with Crippen LogP contribution in [0.4, 0.5) is 5.69 Å². The molecule has 0 aliphatic heterocycles. The third-order valence-electron chi connectivity index (χ3n) is 2.34. The number of benzene rings is 1. The van der Waals surface area contributed by atoms with Gasteiger partial charge in [-0.05, 0) is 23.8 Å². The highest BCUT2D eigenvalue weighted by molar-refractivity contribution is 6.30. The Morgan fingerprint density at radius 1 is 1.24 bits per heavy atom. The van der Waals surface area contributed by atoms with Crippen molar-refractivity contribution in [1.82, 2.24) is 4.98 Å². The van der Waals surface area contributed by atoms with Gasteiger partial charge in [0.15, 0.2) is 0 Å². The molecule has 0 aliphatic carbocycles. The number of nitriles is 1. The fourth-order valence-corrected chi connectivity index (χ4v) is 1.56. The highest BCUT2D eigenvalue weighted by atomic mass is 35.5. The molecule has 0 radical (unpaired) electrons. The molecule has 0 amide bonds. The van der Waals surface area contributed by atoms with E-state index in [1.165, 1.54) is 0 Å². The average Bonchev–Trinajstić information content (AvgIpc) is 2.38. The van der Waals surface area contributed by atoms with E-state index in [2.05, 4.69) is 16.4 Å². The molecule has 17 heavy (non-hydrogen) atoms. The SMILES string of the molecule is N#Cc1ccncc1NCc1ccc(Cl)cc1. The molecule has 84 valence electrons. The zero-order chi connectivity index (χ0) is 12.1. The summed E-state index contributed by atoms with van der Waals surface area (Å²) in [6.07, 6.45) is 3.25. The minimum Gasteiger partial charge on any atom is -0.379 e. The Bertz CT molecular complexity index is 543. The average molecular weight is 244 g/mol. The van der Waals surface area contributed by atoms with Crippen LogP contribution in [0.25, 0.3) is 0 Å². The number of rotatable bonds is 3. The van der Waals surface area contributed by atoms with Gasteiger partial charge in [0.05, 0.1) is 17.4 Å². The molecule has 2 aromatic rings. The van der Waals surface area contributed by atoms with Crippen LogP contribution in [0, 0.1) is 11.3 Å². The molecule has 1 heterocycles. The Morgan fingerprint density at radius 3 is 2.71 bits per heavy atom. The highest BCUT2D eigenvalue weighted by Gasteiger charge is 2.00. The summed E-state index contributed by atoms with van der Waals surface area (Å²) >= 11 is 5.80. The van der Waals surface area contributed by atoms with E-state index in [9.17, 15) is 0 Å². The van der Waals surface area contributed by atoms with Crippen molar-refractivity contribution in [2.24, 2.45) is 0 Å². The fraction of sp³-hybridized carbons (Fsp3) is 0.0769. The van der Waals surface area contributed by atoms with Crippen molar-refractivity contribution in [2.75, 3.05) is 5.32 Å². The Kier molecular flexibility index (Phi) is 3.59. The van der Waals surface area contributed by atoms with Crippen LogP contribution in [0.5, 0.6) is 0 Å². The first-order valence-corrected chi connectivity index (χ1v) is 5.50. The lowest BCUT2D eigenvalue weighted by Gasteiger charge is -2.07. The first-order chi connectivity index (χ1) is 8.29. The van der Waals surface area contributed by atoms with Gasteiger partial charge in [0, 0.05) is 17.8 Å². The zero-order valence-corrected chi connectivity index (χ0v) is 9.78. The lowest BCUT2D eigenvalue weighted by atomic mass is 10.2. The summed E-state index contributed by atoms with van der Waals surface area (Å²) in [7, 11) is 0. The third-order valence-corrected chi connectivity index (χ3v) is 2.59. The summed E-state index contributed by atoms with van der Waals surface area (Å²) in [4.78, 5) is 3.98. The highest BCUT2D eigenvalue weighted by Crippen LogP contribution is 2.14. The Labute approximate surface area is 105 Å². The zero-order valence-electron chi connectivity index (χ0n) is 9.02. The monoisotopic (exact) mass is 243 g/mol. The van der Waals surface area contributed by atoms with Gasteiger partial charge in [-0.15, -0.1) is 0 Å². The summed E-state index contributed by atoms with van der Waals surface area (Å²) in [6, 6.07) is 11.4. The Hall–Kier alpha value is -2.05. The predicted octanol–water partition coefficient (Wildman–Crippen LogP) is 3.22. The quantitative estimate of drug-likeness (QED) is 0.901. The molecule has 3 nitrogen and oxygen atoms in total. The van der Waals surface area contributed by atoms with Crippen LogP contribution < -0.4 is 5.32 Å². The molecule has 0 saturated carbocycles. The van der Waals surface area contributed by atoms with Gasteiger partial charge in [0.2, 0.25) is 0 Å². The number of hydrogen-bond donors (Lipinski definition) is 1. The van der Waals surface area contributed by atoms with Crippen molar-refractivity contribution >= 4 is 17.3 Å². The van der Waals surface area contributed by atoms with Gasteiger partial charge < -0.3 is 5.32 Å². The minimum absolute atomic E-state index is 0.592. The number of anilines is 1. The van der Waals surface area contributed by atoms with Gasteiger partial charge in [-0.3, -0.25) is 4.98 Å². The standard InChI is InChI=1S/C13H10ClN3/c14-12-3-1-10(2-4-12)8-17-13-9-16-6-5-11(13)7-15/h1-6,9,17H,8H2. The second kappa shape index (κ2) is 5.33. The summed E-state index contributed by atoms with van der Waals surface area (Å²) in [5.41, 5.74) is 2.43. The molecule has 0 aliphatic rings. The van der Waals surface area contributed by atoms with E-state index in [-0.39, 0.29) is 0 Å². The fourth-order valence-electron chi connectivity index (χ4n) is 1.43. The van der Waals surface area contributed by atoms with Gasteiger partial charge >= 0.3 is 0 Å². The molecular weight excluding hydrogens is 234 g/mol. The van der Waals surface area contributed by atoms with Gasteiger partial charge in [-0.2, -0.15) is 5.26 Å². The van der Waals surface area contributed by atoms with Crippen LogP contribution >= 0.6 is 11.6 Å². The first kappa shape index (κ1) is 11.4. The van der Waals surface area contributed by atoms with Crippen molar-refractivity contribution in [2.45, 2.75) is 6.54 Å². The Balaban J connectivity index is 2.08. The van der Waals surface area contributed by atoms with Crippen LogP contribution in [0.3, 0.4) is 0 Å². The molecule has 1 aromatic carbocycles. The summed E-state index contributed by atoms with van der Waals surface area (Å²) in [6.45, 7) is 0.636.